The molecule has 0 radical (unpaired) electrons. The van der Waals surface area contributed by atoms with Crippen molar-refractivity contribution in [3.05, 3.63) is 9.98 Å². The van der Waals surface area contributed by atoms with Crippen LogP contribution >= 0.6 is 27.3 Å². The van der Waals surface area contributed by atoms with E-state index in [9.17, 15) is 0 Å². The fourth-order valence-electron chi connectivity index (χ4n) is 1.02. The fourth-order valence-corrected chi connectivity index (χ4v) is 2.14. The standard InChI is InChI=1S/C8H10BrNOS/c9-7-5-12-8(10-7)11-4-3-6-1-2-6/h5-6H,1-4H2. The third kappa shape index (κ3) is 2.45. The summed E-state index contributed by atoms with van der Waals surface area (Å²) in [6.07, 6.45) is 3.98. The Morgan fingerprint density at radius 3 is 3.08 bits per heavy atom. The van der Waals surface area contributed by atoms with Crippen molar-refractivity contribution in [2.75, 3.05) is 6.61 Å². The summed E-state index contributed by atoms with van der Waals surface area (Å²) in [7, 11) is 0. The SMILES string of the molecule is Brc1csc(OCCC2CC2)n1. The predicted octanol–water partition coefficient (Wildman–Crippen LogP) is 3.08. The minimum atomic E-state index is 0.780. The fraction of sp³-hybridized carbons (Fsp3) is 0.625. The van der Waals surface area contributed by atoms with E-state index in [2.05, 4.69) is 20.9 Å². The zero-order valence-electron chi connectivity index (χ0n) is 6.62. The molecular formula is C8H10BrNOS. The van der Waals surface area contributed by atoms with Gasteiger partial charge in [-0.15, -0.1) is 0 Å². The molecule has 0 saturated heterocycles. The molecule has 0 unspecified atom stereocenters. The van der Waals surface area contributed by atoms with Gasteiger partial charge in [0.1, 0.15) is 4.60 Å². The molecule has 0 bridgehead atoms. The first-order valence-corrected chi connectivity index (χ1v) is 5.75. The van der Waals surface area contributed by atoms with Gasteiger partial charge in [0.05, 0.1) is 6.61 Å². The van der Waals surface area contributed by atoms with E-state index in [0.717, 1.165) is 22.3 Å². The molecule has 2 nitrogen and oxygen atoms in total. The van der Waals surface area contributed by atoms with Crippen molar-refractivity contribution in [3.8, 4) is 5.19 Å². The average molecular weight is 248 g/mol. The number of hydrogen-bond donors (Lipinski definition) is 0. The van der Waals surface area contributed by atoms with Gasteiger partial charge < -0.3 is 4.74 Å². The molecule has 1 aromatic rings. The molecule has 0 atom stereocenters. The summed E-state index contributed by atoms with van der Waals surface area (Å²) in [6.45, 7) is 0.824. The summed E-state index contributed by atoms with van der Waals surface area (Å²) < 4.78 is 6.32. The second-order valence-electron chi connectivity index (χ2n) is 3.02. The molecule has 12 heavy (non-hydrogen) atoms. The number of halogens is 1. The van der Waals surface area contributed by atoms with Crippen LogP contribution in [-0.4, -0.2) is 11.6 Å². The molecule has 0 spiro atoms. The topological polar surface area (TPSA) is 22.1 Å². The van der Waals surface area contributed by atoms with Crippen molar-refractivity contribution in [2.45, 2.75) is 19.3 Å². The van der Waals surface area contributed by atoms with Crippen LogP contribution in [-0.2, 0) is 0 Å². The van der Waals surface area contributed by atoms with Crippen LogP contribution in [0.25, 0.3) is 0 Å². The van der Waals surface area contributed by atoms with Crippen molar-refractivity contribution in [1.29, 1.82) is 0 Å². The molecule has 1 heterocycles. The van der Waals surface area contributed by atoms with Crippen molar-refractivity contribution < 1.29 is 4.74 Å². The Hall–Kier alpha value is -0.0900. The second-order valence-corrected chi connectivity index (χ2v) is 4.65. The van der Waals surface area contributed by atoms with E-state index in [1.165, 1.54) is 19.3 Å². The molecule has 1 aliphatic rings. The molecular weight excluding hydrogens is 238 g/mol. The van der Waals surface area contributed by atoms with Crippen molar-refractivity contribution in [3.63, 3.8) is 0 Å². The van der Waals surface area contributed by atoms with Crippen LogP contribution in [0.3, 0.4) is 0 Å². The Morgan fingerprint density at radius 2 is 2.50 bits per heavy atom. The minimum Gasteiger partial charge on any atom is -0.470 e. The summed E-state index contributed by atoms with van der Waals surface area (Å²) in [5.74, 6) is 0.938. The van der Waals surface area contributed by atoms with Crippen LogP contribution in [0.15, 0.2) is 9.98 Å². The van der Waals surface area contributed by atoms with E-state index in [1.807, 2.05) is 5.38 Å². The molecule has 0 N–H and O–H groups in total. The maximum Gasteiger partial charge on any atom is 0.274 e. The van der Waals surface area contributed by atoms with Gasteiger partial charge in [0.25, 0.3) is 5.19 Å². The van der Waals surface area contributed by atoms with Gasteiger partial charge in [-0.25, -0.2) is 0 Å². The quantitative estimate of drug-likeness (QED) is 0.816. The van der Waals surface area contributed by atoms with E-state index in [1.54, 1.807) is 11.3 Å². The molecule has 0 aliphatic heterocycles. The lowest BCUT2D eigenvalue weighted by Gasteiger charge is -1.99. The lowest BCUT2D eigenvalue weighted by atomic mass is 10.3. The lowest BCUT2D eigenvalue weighted by molar-refractivity contribution is 0.300. The van der Waals surface area contributed by atoms with Crippen LogP contribution in [0.4, 0.5) is 0 Å². The highest BCUT2D eigenvalue weighted by Crippen LogP contribution is 2.32. The number of ether oxygens (including phenoxy) is 1. The average Bonchev–Trinajstić information content (AvgIpc) is 2.76. The van der Waals surface area contributed by atoms with Gasteiger partial charge in [-0.3, -0.25) is 0 Å². The summed E-state index contributed by atoms with van der Waals surface area (Å²) in [5.41, 5.74) is 0. The van der Waals surface area contributed by atoms with Gasteiger partial charge in [0.15, 0.2) is 0 Å². The molecule has 4 heteroatoms. The monoisotopic (exact) mass is 247 g/mol. The number of aromatic nitrogens is 1. The van der Waals surface area contributed by atoms with Gasteiger partial charge in [-0.1, -0.05) is 24.2 Å². The Balaban J connectivity index is 1.71. The lowest BCUT2D eigenvalue weighted by Crippen LogP contribution is -1.97. The zero-order valence-corrected chi connectivity index (χ0v) is 9.03. The third-order valence-corrected chi connectivity index (χ3v) is 3.36. The highest BCUT2D eigenvalue weighted by atomic mass is 79.9. The van der Waals surface area contributed by atoms with Gasteiger partial charge in [-0.05, 0) is 28.3 Å². The summed E-state index contributed by atoms with van der Waals surface area (Å²) in [4.78, 5) is 4.14. The normalized spacial score (nSPS) is 16.4. The highest BCUT2D eigenvalue weighted by Gasteiger charge is 2.20. The third-order valence-electron chi connectivity index (χ3n) is 1.90. The highest BCUT2D eigenvalue weighted by molar-refractivity contribution is 9.10. The van der Waals surface area contributed by atoms with Gasteiger partial charge in [-0.2, -0.15) is 4.98 Å². The molecule has 2 rings (SSSR count). The Bertz CT molecular complexity index is 259. The molecule has 1 saturated carbocycles. The molecule has 0 amide bonds. The first kappa shape index (κ1) is 8.51. The van der Waals surface area contributed by atoms with Crippen LogP contribution in [0.5, 0.6) is 5.19 Å². The van der Waals surface area contributed by atoms with Crippen molar-refractivity contribution in [2.24, 2.45) is 5.92 Å². The van der Waals surface area contributed by atoms with Crippen LogP contribution < -0.4 is 4.74 Å². The molecule has 1 aromatic heterocycles. The van der Waals surface area contributed by atoms with Crippen LogP contribution in [0, 0.1) is 5.92 Å². The number of nitrogens with zero attached hydrogens (tertiary/aromatic N) is 1. The van der Waals surface area contributed by atoms with E-state index >= 15 is 0 Å². The van der Waals surface area contributed by atoms with E-state index < -0.39 is 0 Å². The molecule has 1 fully saturated rings. The number of hydrogen-bond acceptors (Lipinski definition) is 3. The second kappa shape index (κ2) is 3.75. The number of rotatable bonds is 4. The first-order valence-electron chi connectivity index (χ1n) is 4.08. The van der Waals surface area contributed by atoms with Crippen LogP contribution in [0.1, 0.15) is 19.3 Å². The maximum atomic E-state index is 5.46. The Kier molecular flexibility index (Phi) is 2.66. The van der Waals surface area contributed by atoms with E-state index in [4.69, 9.17) is 4.74 Å². The summed E-state index contributed by atoms with van der Waals surface area (Å²) >= 11 is 4.83. The maximum absolute atomic E-state index is 5.46. The smallest absolute Gasteiger partial charge is 0.274 e. The predicted molar refractivity (Wildman–Crippen MR) is 52.7 cm³/mol. The Morgan fingerprint density at radius 1 is 1.67 bits per heavy atom. The largest absolute Gasteiger partial charge is 0.470 e. The molecule has 1 aliphatic carbocycles. The first-order chi connectivity index (χ1) is 5.84. The van der Waals surface area contributed by atoms with Gasteiger partial charge >= 0.3 is 0 Å². The zero-order chi connectivity index (χ0) is 8.39. The summed E-state index contributed by atoms with van der Waals surface area (Å²) in [6, 6.07) is 0. The molecule has 0 aromatic carbocycles. The van der Waals surface area contributed by atoms with E-state index in [-0.39, 0.29) is 0 Å². The van der Waals surface area contributed by atoms with Crippen LogP contribution in [0.2, 0.25) is 0 Å². The van der Waals surface area contributed by atoms with Gasteiger partial charge in [0.2, 0.25) is 0 Å². The Labute approximate surface area is 84.1 Å². The summed E-state index contributed by atoms with van der Waals surface area (Å²) in [5, 5.41) is 2.72. The molecule has 66 valence electrons. The van der Waals surface area contributed by atoms with Crippen molar-refractivity contribution in [1.82, 2.24) is 4.98 Å². The number of thiazole rings is 1. The van der Waals surface area contributed by atoms with E-state index in [0.29, 0.717) is 0 Å². The minimum absolute atomic E-state index is 0.780. The van der Waals surface area contributed by atoms with Crippen molar-refractivity contribution >= 4 is 27.3 Å². The van der Waals surface area contributed by atoms with Gasteiger partial charge in [0, 0.05) is 5.38 Å².